The first-order valence-electron chi connectivity index (χ1n) is 9.45. The highest BCUT2D eigenvalue weighted by molar-refractivity contribution is 5.93. The number of pyridine rings is 1. The average Bonchev–Trinajstić information content (AvgIpc) is 2.68. The van der Waals surface area contributed by atoms with E-state index in [4.69, 9.17) is 5.73 Å². The molecule has 0 amide bonds. The topological polar surface area (TPSA) is 63.0 Å². The molecule has 1 aliphatic carbocycles. The number of benzene rings is 2. The van der Waals surface area contributed by atoms with E-state index in [0.717, 1.165) is 12.2 Å². The number of nitrogen functional groups attached to an aromatic ring is 1. The summed E-state index contributed by atoms with van der Waals surface area (Å²) < 4.78 is 0. The van der Waals surface area contributed by atoms with Crippen molar-refractivity contribution >= 4 is 22.1 Å². The maximum Gasteiger partial charge on any atom is 0.0423 e. The van der Waals surface area contributed by atoms with Crippen LogP contribution < -0.4 is 16.4 Å². The van der Waals surface area contributed by atoms with Gasteiger partial charge in [0.15, 0.2) is 0 Å². The van der Waals surface area contributed by atoms with E-state index in [-0.39, 0.29) is 0 Å². The lowest BCUT2D eigenvalue weighted by atomic mass is 9.90. The van der Waals surface area contributed by atoms with Crippen LogP contribution in [-0.4, -0.2) is 17.1 Å². The van der Waals surface area contributed by atoms with Crippen LogP contribution in [-0.2, 0) is 6.54 Å². The molecule has 2 aromatic carbocycles. The van der Waals surface area contributed by atoms with Crippen LogP contribution in [0, 0.1) is 0 Å². The maximum atomic E-state index is 5.86. The van der Waals surface area contributed by atoms with Gasteiger partial charge in [-0.25, -0.2) is 0 Å². The molecule has 0 aliphatic heterocycles. The zero-order valence-corrected chi connectivity index (χ0v) is 15.0. The molecule has 1 aliphatic rings. The lowest BCUT2D eigenvalue weighted by Gasteiger charge is -2.30. The van der Waals surface area contributed by atoms with E-state index in [1.165, 1.54) is 47.7 Å². The third-order valence-electron chi connectivity index (χ3n) is 5.31. The number of anilines is 2. The first-order chi connectivity index (χ1) is 12.8. The predicted molar refractivity (Wildman–Crippen MR) is 109 cm³/mol. The Bertz CT molecular complexity index is 863. The van der Waals surface area contributed by atoms with Gasteiger partial charge in [-0.2, -0.15) is 0 Å². The third-order valence-corrected chi connectivity index (χ3v) is 5.31. The van der Waals surface area contributed by atoms with Crippen LogP contribution in [0.15, 0.2) is 60.9 Å². The lowest BCUT2D eigenvalue weighted by molar-refractivity contribution is 0.353. The number of fused-ring (bicyclic) bond motifs is 1. The molecule has 3 aromatic rings. The second kappa shape index (κ2) is 7.75. The van der Waals surface area contributed by atoms with Gasteiger partial charge >= 0.3 is 0 Å². The zero-order valence-electron chi connectivity index (χ0n) is 15.0. The molecule has 26 heavy (non-hydrogen) atoms. The quantitative estimate of drug-likeness (QED) is 0.602. The Labute approximate surface area is 154 Å². The molecule has 1 heterocycles. The molecule has 1 aromatic heterocycles. The highest BCUT2D eigenvalue weighted by Gasteiger charge is 2.21. The molecule has 4 heteroatoms. The summed E-state index contributed by atoms with van der Waals surface area (Å²) in [5, 5.41) is 9.89. The molecule has 4 nitrogen and oxygen atoms in total. The van der Waals surface area contributed by atoms with E-state index in [2.05, 4.69) is 52.0 Å². The van der Waals surface area contributed by atoms with Crippen molar-refractivity contribution < 1.29 is 0 Å². The van der Waals surface area contributed by atoms with Gasteiger partial charge in [0.2, 0.25) is 0 Å². The molecule has 4 N–H and O–H groups in total. The van der Waals surface area contributed by atoms with Gasteiger partial charge in [0, 0.05) is 53.2 Å². The van der Waals surface area contributed by atoms with Gasteiger partial charge in [-0.3, -0.25) is 4.98 Å². The molecule has 0 saturated heterocycles. The fourth-order valence-electron chi connectivity index (χ4n) is 3.88. The van der Waals surface area contributed by atoms with Crippen LogP contribution in [0.3, 0.4) is 0 Å². The highest BCUT2D eigenvalue weighted by Crippen LogP contribution is 2.27. The number of hydrogen-bond donors (Lipinski definition) is 3. The van der Waals surface area contributed by atoms with Crippen LogP contribution in [0.2, 0.25) is 0 Å². The van der Waals surface area contributed by atoms with Crippen molar-refractivity contribution in [1.82, 2.24) is 10.3 Å². The minimum Gasteiger partial charge on any atom is -0.399 e. The summed E-state index contributed by atoms with van der Waals surface area (Å²) in [4.78, 5) is 4.22. The summed E-state index contributed by atoms with van der Waals surface area (Å²) in [5.41, 5.74) is 9.18. The number of nitrogens with zero attached hydrogens (tertiary/aromatic N) is 1. The Morgan fingerprint density at radius 2 is 1.77 bits per heavy atom. The van der Waals surface area contributed by atoms with Crippen LogP contribution in [0.4, 0.5) is 11.4 Å². The molecule has 0 bridgehead atoms. The van der Waals surface area contributed by atoms with Gasteiger partial charge in [0.1, 0.15) is 0 Å². The third kappa shape index (κ3) is 3.97. The second-order valence-corrected chi connectivity index (χ2v) is 7.22. The van der Waals surface area contributed by atoms with Crippen LogP contribution in [0.5, 0.6) is 0 Å². The summed E-state index contributed by atoms with van der Waals surface area (Å²) in [6, 6.07) is 17.8. The minimum atomic E-state index is 0.541. The number of nitrogens with two attached hydrogens (primary N) is 1. The Hall–Kier alpha value is -2.59. The van der Waals surface area contributed by atoms with E-state index in [9.17, 15) is 0 Å². The van der Waals surface area contributed by atoms with Gasteiger partial charge in [0.05, 0.1) is 0 Å². The lowest BCUT2D eigenvalue weighted by Crippen LogP contribution is -2.36. The van der Waals surface area contributed by atoms with Crippen molar-refractivity contribution in [3.8, 4) is 0 Å². The van der Waals surface area contributed by atoms with E-state index < -0.39 is 0 Å². The first kappa shape index (κ1) is 16.9. The monoisotopic (exact) mass is 346 g/mol. The highest BCUT2D eigenvalue weighted by atomic mass is 15.0. The molecule has 134 valence electrons. The van der Waals surface area contributed by atoms with E-state index in [0.29, 0.717) is 12.1 Å². The second-order valence-electron chi connectivity index (χ2n) is 7.22. The van der Waals surface area contributed by atoms with Crippen LogP contribution in [0.1, 0.15) is 31.2 Å². The number of hydrogen-bond acceptors (Lipinski definition) is 4. The van der Waals surface area contributed by atoms with Gasteiger partial charge in [-0.1, -0.05) is 24.3 Å². The Kier molecular flexibility index (Phi) is 5.02. The van der Waals surface area contributed by atoms with Crippen LogP contribution in [0.25, 0.3) is 10.8 Å². The zero-order chi connectivity index (χ0) is 17.8. The van der Waals surface area contributed by atoms with Crippen molar-refractivity contribution in [2.24, 2.45) is 0 Å². The Morgan fingerprint density at radius 3 is 2.62 bits per heavy atom. The Balaban J connectivity index is 1.31. The molecule has 1 fully saturated rings. The molecule has 0 atom stereocenters. The van der Waals surface area contributed by atoms with E-state index >= 15 is 0 Å². The normalized spacial score (nSPS) is 20.2. The van der Waals surface area contributed by atoms with Crippen LogP contribution >= 0.6 is 0 Å². The summed E-state index contributed by atoms with van der Waals surface area (Å²) in [6.45, 7) is 0.893. The minimum absolute atomic E-state index is 0.541. The number of nitrogens with one attached hydrogen (secondary N) is 2. The van der Waals surface area contributed by atoms with Gasteiger partial charge in [-0.05, 0) is 55.5 Å². The van der Waals surface area contributed by atoms with Gasteiger partial charge in [0.25, 0.3) is 0 Å². The largest absolute Gasteiger partial charge is 0.399 e. The van der Waals surface area contributed by atoms with E-state index in [1.807, 2.05) is 24.5 Å². The predicted octanol–water partition coefficient (Wildman–Crippen LogP) is 4.33. The van der Waals surface area contributed by atoms with Gasteiger partial charge in [-0.15, -0.1) is 0 Å². The SMILES string of the molecule is Nc1cccc(CNC2CCC(Nc3cccc4cnccc34)CC2)c1. The molecular weight excluding hydrogens is 320 g/mol. The molecule has 0 spiro atoms. The summed E-state index contributed by atoms with van der Waals surface area (Å²) in [5.74, 6) is 0. The first-order valence-corrected chi connectivity index (χ1v) is 9.45. The Morgan fingerprint density at radius 1 is 0.962 bits per heavy atom. The molecule has 1 saturated carbocycles. The van der Waals surface area contributed by atoms with Gasteiger partial charge < -0.3 is 16.4 Å². The molecule has 4 rings (SSSR count). The molecule has 0 radical (unpaired) electrons. The maximum absolute atomic E-state index is 5.86. The smallest absolute Gasteiger partial charge is 0.0423 e. The fraction of sp³-hybridized carbons (Fsp3) is 0.318. The van der Waals surface area contributed by atoms with Crippen molar-refractivity contribution in [2.45, 2.75) is 44.3 Å². The fourth-order valence-corrected chi connectivity index (χ4v) is 3.88. The van der Waals surface area contributed by atoms with Crippen molar-refractivity contribution in [2.75, 3.05) is 11.1 Å². The molecular formula is C22H26N4. The summed E-state index contributed by atoms with van der Waals surface area (Å²) in [7, 11) is 0. The number of rotatable bonds is 5. The molecule has 0 unspecified atom stereocenters. The average molecular weight is 346 g/mol. The number of aromatic nitrogens is 1. The van der Waals surface area contributed by atoms with Crippen molar-refractivity contribution in [3.63, 3.8) is 0 Å². The summed E-state index contributed by atoms with van der Waals surface area (Å²) >= 11 is 0. The standard InChI is InChI=1S/C22H26N4/c23-18-5-1-3-16(13-18)14-25-19-7-9-20(10-8-19)26-22-6-2-4-17-15-24-12-11-21(17)22/h1-6,11-13,15,19-20,25-26H,7-10,14,23H2. The van der Waals surface area contributed by atoms with E-state index in [1.54, 1.807) is 0 Å². The van der Waals surface area contributed by atoms with Crippen molar-refractivity contribution in [1.29, 1.82) is 0 Å². The summed E-state index contributed by atoms with van der Waals surface area (Å²) in [6.07, 6.45) is 8.58. The van der Waals surface area contributed by atoms with Crippen molar-refractivity contribution in [3.05, 3.63) is 66.5 Å².